The molecule has 1 unspecified atom stereocenters. The summed E-state index contributed by atoms with van der Waals surface area (Å²) < 4.78 is 0. The Morgan fingerprint density at radius 3 is 2.22 bits per heavy atom. The van der Waals surface area contributed by atoms with Crippen LogP contribution in [0.4, 0.5) is 0 Å². The first-order chi connectivity index (χ1) is 3.98. The molecule has 2 heteroatoms. The van der Waals surface area contributed by atoms with Crippen molar-refractivity contribution in [3.8, 4) is 0 Å². The summed E-state index contributed by atoms with van der Waals surface area (Å²) in [5.41, 5.74) is -1.12. The summed E-state index contributed by atoms with van der Waals surface area (Å²) in [6, 6.07) is 0. The molecule has 0 aromatic rings. The zero-order valence-corrected chi connectivity index (χ0v) is 6.22. The second-order valence-electron chi connectivity index (χ2n) is 3.07. The molecular formula is C7H14O2. The fraction of sp³-hybridized carbons (Fsp3) is 0.857. The molecule has 0 saturated heterocycles. The van der Waals surface area contributed by atoms with Gasteiger partial charge in [-0.1, -0.05) is 13.8 Å². The third-order valence-corrected chi connectivity index (χ3v) is 1.08. The van der Waals surface area contributed by atoms with E-state index in [4.69, 9.17) is 5.11 Å². The van der Waals surface area contributed by atoms with Gasteiger partial charge in [-0.25, -0.2) is 0 Å². The molecule has 0 aromatic heterocycles. The van der Waals surface area contributed by atoms with Gasteiger partial charge in [0.1, 0.15) is 5.60 Å². The Bertz CT molecular complexity index is 95.1. The monoisotopic (exact) mass is 130 g/mol. The zero-order valence-electron chi connectivity index (χ0n) is 6.22. The van der Waals surface area contributed by atoms with Gasteiger partial charge in [0, 0.05) is 0 Å². The highest BCUT2D eigenvalue weighted by Gasteiger charge is 2.19. The van der Waals surface area contributed by atoms with Crippen LogP contribution < -0.4 is 0 Å². The Balaban J connectivity index is 3.71. The standard InChI is InChI=1S/C7H14O2/c1-6(2)4-7(3,9)5-8/h5-6,9H,4H2,1-3H3. The van der Waals surface area contributed by atoms with E-state index < -0.39 is 5.60 Å². The first kappa shape index (κ1) is 8.63. The summed E-state index contributed by atoms with van der Waals surface area (Å²) >= 11 is 0. The number of carbonyl (C=O) groups excluding carboxylic acids is 1. The van der Waals surface area contributed by atoms with Crippen molar-refractivity contribution in [2.75, 3.05) is 0 Å². The van der Waals surface area contributed by atoms with E-state index in [-0.39, 0.29) is 0 Å². The van der Waals surface area contributed by atoms with E-state index in [1.807, 2.05) is 13.8 Å². The normalized spacial score (nSPS) is 17.4. The Labute approximate surface area is 55.9 Å². The smallest absolute Gasteiger partial charge is 0.151 e. The van der Waals surface area contributed by atoms with Gasteiger partial charge < -0.3 is 9.90 Å². The number of rotatable bonds is 3. The molecule has 2 nitrogen and oxygen atoms in total. The van der Waals surface area contributed by atoms with Crippen LogP contribution in [0.2, 0.25) is 0 Å². The van der Waals surface area contributed by atoms with Crippen molar-refractivity contribution in [1.29, 1.82) is 0 Å². The molecule has 1 N–H and O–H groups in total. The van der Waals surface area contributed by atoms with Gasteiger partial charge in [0.05, 0.1) is 0 Å². The summed E-state index contributed by atoms with van der Waals surface area (Å²) in [5.74, 6) is 0.366. The predicted molar refractivity (Wildman–Crippen MR) is 36.1 cm³/mol. The van der Waals surface area contributed by atoms with Crippen molar-refractivity contribution in [3.05, 3.63) is 0 Å². The second-order valence-corrected chi connectivity index (χ2v) is 3.07. The molecule has 54 valence electrons. The van der Waals surface area contributed by atoms with Gasteiger partial charge in [0.2, 0.25) is 0 Å². The molecule has 0 radical (unpaired) electrons. The van der Waals surface area contributed by atoms with E-state index >= 15 is 0 Å². The van der Waals surface area contributed by atoms with Crippen molar-refractivity contribution in [2.24, 2.45) is 5.92 Å². The maximum atomic E-state index is 10.1. The molecule has 0 aliphatic rings. The van der Waals surface area contributed by atoms with Crippen molar-refractivity contribution in [2.45, 2.75) is 32.8 Å². The SMILES string of the molecule is CC(C)CC(C)(O)C=O. The third kappa shape index (κ3) is 4.15. The lowest BCUT2D eigenvalue weighted by Crippen LogP contribution is -2.27. The topological polar surface area (TPSA) is 37.3 Å². The molecule has 0 spiro atoms. The summed E-state index contributed by atoms with van der Waals surface area (Å²) in [7, 11) is 0. The molecule has 0 heterocycles. The molecule has 0 aromatic carbocycles. The summed E-state index contributed by atoms with van der Waals surface area (Å²) in [5, 5.41) is 9.13. The van der Waals surface area contributed by atoms with Crippen LogP contribution in [-0.2, 0) is 4.79 Å². The largest absolute Gasteiger partial charge is 0.383 e. The van der Waals surface area contributed by atoms with E-state index in [9.17, 15) is 4.79 Å². The first-order valence-electron chi connectivity index (χ1n) is 3.16. The van der Waals surface area contributed by atoms with Crippen LogP contribution in [0.1, 0.15) is 27.2 Å². The molecule has 1 atom stereocenters. The molecule has 0 bridgehead atoms. The number of hydrogen-bond donors (Lipinski definition) is 1. The molecule has 0 aliphatic heterocycles. The third-order valence-electron chi connectivity index (χ3n) is 1.08. The minimum Gasteiger partial charge on any atom is -0.383 e. The minimum absolute atomic E-state index is 0.366. The van der Waals surface area contributed by atoms with E-state index in [1.165, 1.54) is 6.92 Å². The molecule has 0 amide bonds. The molecule has 9 heavy (non-hydrogen) atoms. The van der Waals surface area contributed by atoms with Crippen LogP contribution in [-0.4, -0.2) is 17.0 Å². The van der Waals surface area contributed by atoms with Crippen molar-refractivity contribution >= 4 is 6.29 Å². The van der Waals surface area contributed by atoms with Gasteiger partial charge in [0.25, 0.3) is 0 Å². The van der Waals surface area contributed by atoms with Gasteiger partial charge in [-0.2, -0.15) is 0 Å². The molecule has 0 fully saturated rings. The highest BCUT2D eigenvalue weighted by molar-refractivity contribution is 5.60. The number of hydrogen-bond acceptors (Lipinski definition) is 2. The highest BCUT2D eigenvalue weighted by atomic mass is 16.3. The Hall–Kier alpha value is -0.370. The van der Waals surface area contributed by atoms with Gasteiger partial charge >= 0.3 is 0 Å². The van der Waals surface area contributed by atoms with Crippen molar-refractivity contribution < 1.29 is 9.90 Å². The first-order valence-corrected chi connectivity index (χ1v) is 3.16. The Kier molecular flexibility index (Phi) is 2.85. The van der Waals surface area contributed by atoms with Gasteiger partial charge in [0.15, 0.2) is 6.29 Å². The molecular weight excluding hydrogens is 116 g/mol. The summed E-state index contributed by atoms with van der Waals surface area (Å²) in [4.78, 5) is 10.1. The number of aliphatic hydroxyl groups is 1. The average Bonchev–Trinajstić information content (AvgIpc) is 1.63. The fourth-order valence-corrected chi connectivity index (χ4v) is 0.875. The second kappa shape index (κ2) is 2.97. The van der Waals surface area contributed by atoms with Crippen LogP contribution in [0.5, 0.6) is 0 Å². The minimum atomic E-state index is -1.12. The summed E-state index contributed by atoms with van der Waals surface area (Å²) in [6.07, 6.45) is 1.13. The molecule has 0 rings (SSSR count). The van der Waals surface area contributed by atoms with Crippen LogP contribution in [0.15, 0.2) is 0 Å². The Morgan fingerprint density at radius 1 is 1.67 bits per heavy atom. The van der Waals surface area contributed by atoms with Gasteiger partial charge in [-0.05, 0) is 19.3 Å². The van der Waals surface area contributed by atoms with Gasteiger partial charge in [-0.15, -0.1) is 0 Å². The van der Waals surface area contributed by atoms with E-state index in [2.05, 4.69) is 0 Å². The quantitative estimate of drug-likeness (QED) is 0.578. The Morgan fingerprint density at radius 2 is 2.11 bits per heavy atom. The maximum absolute atomic E-state index is 10.1. The number of aldehydes is 1. The fourth-order valence-electron chi connectivity index (χ4n) is 0.875. The summed E-state index contributed by atoms with van der Waals surface area (Å²) in [6.45, 7) is 5.47. The van der Waals surface area contributed by atoms with Crippen LogP contribution in [0.25, 0.3) is 0 Å². The lowest BCUT2D eigenvalue weighted by Gasteiger charge is -2.17. The van der Waals surface area contributed by atoms with Crippen LogP contribution >= 0.6 is 0 Å². The van der Waals surface area contributed by atoms with Crippen molar-refractivity contribution in [1.82, 2.24) is 0 Å². The van der Waals surface area contributed by atoms with Crippen molar-refractivity contribution in [3.63, 3.8) is 0 Å². The predicted octanol–water partition coefficient (Wildman–Crippen LogP) is 0.982. The zero-order chi connectivity index (χ0) is 7.49. The van der Waals surface area contributed by atoms with E-state index in [1.54, 1.807) is 0 Å². The lowest BCUT2D eigenvalue weighted by molar-refractivity contribution is -0.123. The maximum Gasteiger partial charge on any atom is 0.151 e. The van der Waals surface area contributed by atoms with E-state index in [0.29, 0.717) is 18.6 Å². The van der Waals surface area contributed by atoms with Gasteiger partial charge in [-0.3, -0.25) is 0 Å². The lowest BCUT2D eigenvalue weighted by atomic mass is 9.96. The van der Waals surface area contributed by atoms with E-state index in [0.717, 1.165) is 0 Å². The average molecular weight is 130 g/mol. The highest BCUT2D eigenvalue weighted by Crippen LogP contribution is 2.12. The molecule has 0 saturated carbocycles. The van der Waals surface area contributed by atoms with Crippen LogP contribution in [0, 0.1) is 5.92 Å². The van der Waals surface area contributed by atoms with Crippen LogP contribution in [0.3, 0.4) is 0 Å². The number of carbonyl (C=O) groups is 1. The molecule has 0 aliphatic carbocycles.